The van der Waals surface area contributed by atoms with Crippen molar-refractivity contribution in [3.8, 4) is 0 Å². The molecule has 0 aliphatic heterocycles. The first-order valence-corrected chi connectivity index (χ1v) is 10.4. The first-order chi connectivity index (χ1) is 10.2. The predicted octanol–water partition coefficient (Wildman–Crippen LogP) is 5.19. The molecule has 0 fully saturated rings. The zero-order valence-corrected chi connectivity index (χ0v) is 14.9. The van der Waals surface area contributed by atoms with E-state index in [1.54, 1.807) is 0 Å². The third-order valence-electron chi connectivity index (χ3n) is 3.61. The maximum absolute atomic E-state index is 6.32. The number of hydrogen-bond acceptors (Lipinski definition) is 2. The van der Waals surface area contributed by atoms with Gasteiger partial charge >= 0.3 is 8.56 Å². The largest absolute Gasteiger partial charge is 0.394 e. The molecule has 0 aliphatic rings. The van der Waals surface area contributed by atoms with Crippen LogP contribution in [0.1, 0.15) is 44.7 Å². The lowest BCUT2D eigenvalue weighted by Gasteiger charge is -2.30. The smallest absolute Gasteiger partial charge is 0.338 e. The lowest BCUT2D eigenvalue weighted by atomic mass is 10.1. The molecule has 0 saturated heterocycles. The fourth-order valence-corrected chi connectivity index (χ4v) is 6.15. The van der Waals surface area contributed by atoms with Crippen LogP contribution in [0.5, 0.6) is 0 Å². The van der Waals surface area contributed by atoms with Crippen molar-refractivity contribution in [2.45, 2.75) is 52.1 Å². The summed E-state index contributed by atoms with van der Waals surface area (Å²) in [6.07, 6.45) is 5.10. The zero-order valence-electron chi connectivity index (χ0n) is 13.9. The normalized spacial score (nSPS) is 11.6. The topological polar surface area (TPSA) is 18.5 Å². The third-order valence-corrected chi connectivity index (χ3v) is 7.68. The fourth-order valence-electron chi connectivity index (χ4n) is 2.71. The van der Waals surface area contributed by atoms with Crippen LogP contribution in [-0.4, -0.2) is 21.8 Å². The van der Waals surface area contributed by atoms with Crippen molar-refractivity contribution in [2.24, 2.45) is 0 Å². The Morgan fingerprint density at radius 2 is 1.81 bits per heavy atom. The molecule has 0 bridgehead atoms. The van der Waals surface area contributed by atoms with Crippen LogP contribution in [0.3, 0.4) is 0 Å². The van der Waals surface area contributed by atoms with Crippen LogP contribution >= 0.6 is 0 Å². The lowest BCUT2D eigenvalue weighted by molar-refractivity contribution is 0.175. The standard InChI is InChI=1S/C18H30O2Si/c1-5-14-21(15-6-2,19-8-4)20-13-12-18-11-9-10-17(7-3)16-18/h7,9-11,16H,3,5-6,8,12-15H2,1-2,4H3. The summed E-state index contributed by atoms with van der Waals surface area (Å²) in [7, 11) is -1.99. The fraction of sp³-hybridized carbons (Fsp3) is 0.556. The molecular formula is C18H30O2Si. The van der Waals surface area contributed by atoms with Crippen LogP contribution < -0.4 is 0 Å². The van der Waals surface area contributed by atoms with Crippen molar-refractivity contribution in [1.82, 2.24) is 0 Å². The van der Waals surface area contributed by atoms with Gasteiger partial charge in [0.25, 0.3) is 0 Å². The Morgan fingerprint density at radius 1 is 1.10 bits per heavy atom. The van der Waals surface area contributed by atoms with E-state index in [-0.39, 0.29) is 0 Å². The maximum atomic E-state index is 6.32. The molecule has 21 heavy (non-hydrogen) atoms. The summed E-state index contributed by atoms with van der Waals surface area (Å²) in [6, 6.07) is 10.7. The van der Waals surface area contributed by atoms with E-state index in [4.69, 9.17) is 8.85 Å². The van der Waals surface area contributed by atoms with Crippen molar-refractivity contribution in [2.75, 3.05) is 13.2 Å². The summed E-state index contributed by atoms with van der Waals surface area (Å²) in [5.41, 5.74) is 2.47. The van der Waals surface area contributed by atoms with Gasteiger partial charge in [0.1, 0.15) is 0 Å². The Bertz CT molecular complexity index is 400. The van der Waals surface area contributed by atoms with E-state index in [1.165, 1.54) is 11.1 Å². The molecule has 1 aromatic carbocycles. The average Bonchev–Trinajstić information content (AvgIpc) is 2.48. The molecule has 1 rings (SSSR count). The van der Waals surface area contributed by atoms with Gasteiger partial charge in [-0.2, -0.15) is 0 Å². The molecule has 118 valence electrons. The highest BCUT2D eigenvalue weighted by atomic mass is 28.4. The van der Waals surface area contributed by atoms with Crippen molar-refractivity contribution < 1.29 is 8.85 Å². The molecule has 0 aliphatic carbocycles. The van der Waals surface area contributed by atoms with Gasteiger partial charge in [0.2, 0.25) is 0 Å². The van der Waals surface area contributed by atoms with Crippen LogP contribution in [0.25, 0.3) is 6.08 Å². The van der Waals surface area contributed by atoms with E-state index in [9.17, 15) is 0 Å². The first kappa shape index (κ1) is 18.1. The van der Waals surface area contributed by atoms with Gasteiger partial charge in [0.05, 0.1) is 0 Å². The van der Waals surface area contributed by atoms with Crippen molar-refractivity contribution in [1.29, 1.82) is 0 Å². The van der Waals surface area contributed by atoms with E-state index in [0.29, 0.717) is 0 Å². The summed E-state index contributed by atoms with van der Waals surface area (Å²) < 4.78 is 12.4. The molecular weight excluding hydrogens is 276 g/mol. The van der Waals surface area contributed by atoms with E-state index < -0.39 is 8.56 Å². The summed E-state index contributed by atoms with van der Waals surface area (Å²) in [6.45, 7) is 11.8. The minimum absolute atomic E-state index is 0.757. The maximum Gasteiger partial charge on any atom is 0.338 e. The highest BCUT2D eigenvalue weighted by Gasteiger charge is 2.35. The third kappa shape index (κ3) is 6.16. The lowest BCUT2D eigenvalue weighted by Crippen LogP contribution is -2.42. The molecule has 0 radical (unpaired) electrons. The molecule has 0 atom stereocenters. The SMILES string of the molecule is C=Cc1cccc(CCO[Si](CCC)(CCC)OCC)c1. The molecule has 2 nitrogen and oxygen atoms in total. The molecule has 0 saturated carbocycles. The molecule has 3 heteroatoms. The Morgan fingerprint density at radius 3 is 2.38 bits per heavy atom. The van der Waals surface area contributed by atoms with Crippen LogP contribution in [0.2, 0.25) is 12.1 Å². The van der Waals surface area contributed by atoms with Crippen LogP contribution in [0.4, 0.5) is 0 Å². The quantitative estimate of drug-likeness (QED) is 0.524. The second-order valence-corrected chi connectivity index (χ2v) is 8.79. The predicted molar refractivity (Wildman–Crippen MR) is 93.8 cm³/mol. The highest BCUT2D eigenvalue weighted by molar-refractivity contribution is 6.67. The Kier molecular flexibility index (Phi) is 8.58. The highest BCUT2D eigenvalue weighted by Crippen LogP contribution is 2.23. The second-order valence-electron chi connectivity index (χ2n) is 5.39. The second kappa shape index (κ2) is 9.93. The van der Waals surface area contributed by atoms with Gasteiger partial charge in [-0.05, 0) is 36.6 Å². The van der Waals surface area contributed by atoms with E-state index >= 15 is 0 Å². The summed E-state index contributed by atoms with van der Waals surface area (Å²) in [5.74, 6) is 0. The van der Waals surface area contributed by atoms with E-state index in [0.717, 1.165) is 44.6 Å². The molecule has 0 amide bonds. The minimum atomic E-state index is -1.99. The van der Waals surface area contributed by atoms with Gasteiger partial charge in [-0.15, -0.1) is 0 Å². The Balaban J connectivity index is 2.60. The minimum Gasteiger partial charge on any atom is -0.394 e. The zero-order chi connectivity index (χ0) is 15.6. The molecule has 0 unspecified atom stereocenters. The summed E-state index contributed by atoms with van der Waals surface area (Å²) in [4.78, 5) is 0. The van der Waals surface area contributed by atoms with Crippen LogP contribution in [-0.2, 0) is 15.3 Å². The van der Waals surface area contributed by atoms with E-state index in [1.807, 2.05) is 6.08 Å². The number of hydrogen-bond donors (Lipinski definition) is 0. The van der Waals surface area contributed by atoms with E-state index in [2.05, 4.69) is 51.6 Å². The number of benzene rings is 1. The number of rotatable bonds is 11. The Labute approximate surface area is 131 Å². The van der Waals surface area contributed by atoms with Gasteiger partial charge in [0.15, 0.2) is 0 Å². The van der Waals surface area contributed by atoms with Crippen molar-refractivity contribution >= 4 is 14.6 Å². The van der Waals surface area contributed by atoms with Gasteiger partial charge in [-0.3, -0.25) is 0 Å². The molecule has 0 aromatic heterocycles. The first-order valence-electron chi connectivity index (χ1n) is 8.19. The van der Waals surface area contributed by atoms with Crippen LogP contribution in [0, 0.1) is 0 Å². The monoisotopic (exact) mass is 306 g/mol. The molecule has 0 heterocycles. The molecule has 0 spiro atoms. The van der Waals surface area contributed by atoms with Crippen molar-refractivity contribution in [3.05, 3.63) is 42.0 Å². The molecule has 0 N–H and O–H groups in total. The van der Waals surface area contributed by atoms with Gasteiger partial charge in [-0.25, -0.2) is 0 Å². The summed E-state index contributed by atoms with van der Waals surface area (Å²) >= 11 is 0. The van der Waals surface area contributed by atoms with Crippen LogP contribution in [0.15, 0.2) is 30.8 Å². The summed E-state index contributed by atoms with van der Waals surface area (Å²) in [5, 5.41) is 0. The Hall–Kier alpha value is -0.903. The average molecular weight is 307 g/mol. The van der Waals surface area contributed by atoms with Gasteiger partial charge in [0, 0.05) is 13.2 Å². The van der Waals surface area contributed by atoms with Crippen molar-refractivity contribution in [3.63, 3.8) is 0 Å². The van der Waals surface area contributed by atoms with Gasteiger partial charge in [-0.1, -0.05) is 63.6 Å². The molecule has 1 aromatic rings. The van der Waals surface area contributed by atoms with Gasteiger partial charge < -0.3 is 8.85 Å².